The van der Waals surface area contributed by atoms with Crippen LogP contribution in [0.3, 0.4) is 0 Å². The van der Waals surface area contributed by atoms with E-state index in [2.05, 4.69) is 5.32 Å². The van der Waals surface area contributed by atoms with Crippen LogP contribution in [-0.2, 0) is 29.0 Å². The number of carbonyl (C=O) groups is 2. The van der Waals surface area contributed by atoms with E-state index in [1.807, 2.05) is 92.7 Å². The minimum absolute atomic E-state index is 0.100. The van der Waals surface area contributed by atoms with Crippen molar-refractivity contribution in [3.63, 3.8) is 0 Å². The van der Waals surface area contributed by atoms with E-state index in [0.29, 0.717) is 18.0 Å². The van der Waals surface area contributed by atoms with Crippen molar-refractivity contribution in [2.45, 2.75) is 45.7 Å². The molecule has 3 aromatic rings. The number of halogens is 1. The quantitative estimate of drug-likeness (QED) is 0.441. The number of rotatable bonds is 10. The van der Waals surface area contributed by atoms with E-state index in [-0.39, 0.29) is 24.8 Å². The molecule has 0 unspecified atom stereocenters. The number of hydrogen-bond donors (Lipinski definition) is 1. The number of aryl methyl sites for hydroxylation is 1. The van der Waals surface area contributed by atoms with Crippen LogP contribution < -0.4 is 5.32 Å². The summed E-state index contributed by atoms with van der Waals surface area (Å²) < 4.78 is 0. The highest BCUT2D eigenvalue weighted by Gasteiger charge is 2.30. The third kappa shape index (κ3) is 6.93. The van der Waals surface area contributed by atoms with Crippen molar-refractivity contribution in [3.05, 3.63) is 106 Å². The van der Waals surface area contributed by atoms with Crippen LogP contribution in [0.1, 0.15) is 35.6 Å². The number of hydrogen-bond acceptors (Lipinski definition) is 2. The number of benzene rings is 3. The largest absolute Gasteiger partial charge is 0.354 e. The molecule has 1 N–H and O–H groups in total. The molecular formula is C28H31ClN2O2. The van der Waals surface area contributed by atoms with Gasteiger partial charge in [-0.05, 0) is 41.7 Å². The maximum Gasteiger partial charge on any atom is 0.243 e. The molecule has 33 heavy (non-hydrogen) atoms. The van der Waals surface area contributed by atoms with Crippen LogP contribution >= 0.6 is 11.6 Å². The lowest BCUT2D eigenvalue weighted by Crippen LogP contribution is -2.51. The van der Waals surface area contributed by atoms with Gasteiger partial charge in [0.2, 0.25) is 11.8 Å². The summed E-state index contributed by atoms with van der Waals surface area (Å²) >= 11 is 6.45. The maximum atomic E-state index is 13.7. The van der Waals surface area contributed by atoms with Gasteiger partial charge in [0.05, 0.1) is 6.42 Å². The van der Waals surface area contributed by atoms with E-state index in [1.54, 1.807) is 4.90 Å². The summed E-state index contributed by atoms with van der Waals surface area (Å²) in [5.41, 5.74) is 3.83. The molecule has 1 atom stereocenters. The Hall–Kier alpha value is -3.11. The van der Waals surface area contributed by atoms with E-state index >= 15 is 0 Å². The van der Waals surface area contributed by atoms with Crippen molar-refractivity contribution in [1.29, 1.82) is 0 Å². The van der Waals surface area contributed by atoms with Gasteiger partial charge >= 0.3 is 0 Å². The Morgan fingerprint density at radius 3 is 2.21 bits per heavy atom. The van der Waals surface area contributed by atoms with Gasteiger partial charge in [-0.1, -0.05) is 91.3 Å². The summed E-state index contributed by atoms with van der Waals surface area (Å²) in [6.45, 7) is 4.84. The Balaban J connectivity index is 1.97. The topological polar surface area (TPSA) is 49.4 Å². The van der Waals surface area contributed by atoms with Crippen molar-refractivity contribution >= 4 is 23.4 Å². The SMILES string of the molecule is CCCNC(=O)[C@H](Cc1ccccc1)N(Cc1ccccc1Cl)C(=O)Cc1ccccc1C. The molecule has 0 spiro atoms. The molecule has 0 heterocycles. The summed E-state index contributed by atoms with van der Waals surface area (Å²) in [6, 6.07) is 24.5. The van der Waals surface area contributed by atoms with Crippen LogP contribution in [0.4, 0.5) is 0 Å². The molecule has 3 aromatic carbocycles. The van der Waals surface area contributed by atoms with E-state index in [9.17, 15) is 9.59 Å². The van der Waals surface area contributed by atoms with Crippen molar-refractivity contribution in [2.75, 3.05) is 6.54 Å². The van der Waals surface area contributed by atoms with Crippen LogP contribution in [-0.4, -0.2) is 29.3 Å². The number of amides is 2. The van der Waals surface area contributed by atoms with Crippen molar-refractivity contribution in [2.24, 2.45) is 0 Å². The van der Waals surface area contributed by atoms with Gasteiger partial charge in [-0.25, -0.2) is 0 Å². The lowest BCUT2D eigenvalue weighted by molar-refractivity contribution is -0.140. The van der Waals surface area contributed by atoms with Gasteiger partial charge in [0.1, 0.15) is 6.04 Å². The van der Waals surface area contributed by atoms with Crippen LogP contribution in [0.2, 0.25) is 5.02 Å². The molecule has 0 bridgehead atoms. The van der Waals surface area contributed by atoms with Crippen molar-refractivity contribution < 1.29 is 9.59 Å². The first kappa shape index (κ1) is 24.5. The minimum Gasteiger partial charge on any atom is -0.354 e. The summed E-state index contributed by atoms with van der Waals surface area (Å²) in [6.07, 6.45) is 1.48. The molecule has 0 radical (unpaired) electrons. The second-order valence-corrected chi connectivity index (χ2v) is 8.62. The van der Waals surface area contributed by atoms with Gasteiger partial charge in [0.15, 0.2) is 0 Å². The van der Waals surface area contributed by atoms with Crippen LogP contribution in [0.25, 0.3) is 0 Å². The standard InChI is InChI=1S/C28H31ClN2O2/c1-3-17-30-28(33)26(18-22-12-5-4-6-13-22)31(20-24-15-9-10-16-25(24)29)27(32)19-23-14-8-7-11-21(23)2/h4-16,26H,3,17-20H2,1-2H3,(H,30,33)/t26-/m0/s1. The number of nitrogens with one attached hydrogen (secondary N) is 1. The average molecular weight is 463 g/mol. The zero-order chi connectivity index (χ0) is 23.6. The van der Waals surface area contributed by atoms with Gasteiger partial charge in [0.25, 0.3) is 0 Å². The van der Waals surface area contributed by atoms with Crippen LogP contribution in [0.5, 0.6) is 0 Å². The Bertz CT molecular complexity index is 1070. The van der Waals surface area contributed by atoms with Gasteiger partial charge in [0, 0.05) is 24.5 Å². The Morgan fingerprint density at radius 1 is 0.909 bits per heavy atom. The molecule has 0 aromatic heterocycles. The fraction of sp³-hybridized carbons (Fsp3) is 0.286. The van der Waals surface area contributed by atoms with E-state index in [1.165, 1.54) is 0 Å². The second-order valence-electron chi connectivity index (χ2n) is 8.21. The lowest BCUT2D eigenvalue weighted by atomic mass is 10.00. The van der Waals surface area contributed by atoms with E-state index in [0.717, 1.165) is 28.7 Å². The third-order valence-corrected chi connectivity index (χ3v) is 6.09. The molecular weight excluding hydrogens is 432 g/mol. The summed E-state index contributed by atoms with van der Waals surface area (Å²) in [7, 11) is 0. The third-order valence-electron chi connectivity index (χ3n) is 5.72. The normalized spacial score (nSPS) is 11.6. The highest BCUT2D eigenvalue weighted by Crippen LogP contribution is 2.22. The summed E-state index contributed by atoms with van der Waals surface area (Å²) in [4.78, 5) is 28.7. The molecule has 2 amide bonds. The second kappa shape index (κ2) is 12.2. The Labute approximate surface area is 201 Å². The molecule has 0 fully saturated rings. The predicted octanol–water partition coefficient (Wildman–Crippen LogP) is 5.36. The van der Waals surface area contributed by atoms with E-state index in [4.69, 9.17) is 11.6 Å². The number of nitrogens with zero attached hydrogens (tertiary/aromatic N) is 1. The van der Waals surface area contributed by atoms with Gasteiger partial charge in [-0.15, -0.1) is 0 Å². The maximum absolute atomic E-state index is 13.7. The zero-order valence-electron chi connectivity index (χ0n) is 19.3. The molecule has 172 valence electrons. The predicted molar refractivity (Wildman–Crippen MR) is 134 cm³/mol. The zero-order valence-corrected chi connectivity index (χ0v) is 20.0. The average Bonchev–Trinajstić information content (AvgIpc) is 2.83. The highest BCUT2D eigenvalue weighted by molar-refractivity contribution is 6.31. The molecule has 0 aliphatic carbocycles. The summed E-state index contributed by atoms with van der Waals surface area (Å²) in [5.74, 6) is -0.248. The first-order valence-electron chi connectivity index (χ1n) is 11.4. The first-order valence-corrected chi connectivity index (χ1v) is 11.8. The fourth-order valence-corrected chi connectivity index (χ4v) is 4.00. The molecule has 0 saturated heterocycles. The molecule has 0 saturated carbocycles. The Kier molecular flexibility index (Phi) is 9.08. The van der Waals surface area contributed by atoms with Crippen LogP contribution in [0.15, 0.2) is 78.9 Å². The van der Waals surface area contributed by atoms with Crippen LogP contribution in [0, 0.1) is 6.92 Å². The molecule has 4 nitrogen and oxygen atoms in total. The van der Waals surface area contributed by atoms with Crippen molar-refractivity contribution in [3.8, 4) is 0 Å². The van der Waals surface area contributed by atoms with Gasteiger partial charge < -0.3 is 10.2 Å². The van der Waals surface area contributed by atoms with Gasteiger partial charge in [-0.2, -0.15) is 0 Å². The van der Waals surface area contributed by atoms with Crippen molar-refractivity contribution in [1.82, 2.24) is 10.2 Å². The smallest absolute Gasteiger partial charge is 0.243 e. The first-order chi connectivity index (χ1) is 16.0. The monoisotopic (exact) mass is 462 g/mol. The molecule has 5 heteroatoms. The summed E-state index contributed by atoms with van der Waals surface area (Å²) in [5, 5.41) is 3.58. The molecule has 3 rings (SSSR count). The minimum atomic E-state index is -0.647. The number of carbonyl (C=O) groups excluding carboxylic acids is 2. The Morgan fingerprint density at radius 2 is 1.55 bits per heavy atom. The molecule has 0 aliphatic rings. The highest BCUT2D eigenvalue weighted by atomic mass is 35.5. The molecule has 0 aliphatic heterocycles. The van der Waals surface area contributed by atoms with E-state index < -0.39 is 6.04 Å². The fourth-order valence-electron chi connectivity index (χ4n) is 3.80. The lowest BCUT2D eigenvalue weighted by Gasteiger charge is -2.32. The van der Waals surface area contributed by atoms with Gasteiger partial charge in [-0.3, -0.25) is 9.59 Å².